The minimum Gasteiger partial charge on any atom is -0.502 e. The number of rotatable bonds is 3. The van der Waals surface area contributed by atoms with Crippen LogP contribution in [0.15, 0.2) is 29.2 Å². The molecule has 0 unspecified atom stereocenters. The summed E-state index contributed by atoms with van der Waals surface area (Å²) in [5.74, 6) is -2.63. The maximum absolute atomic E-state index is 14.0. The van der Waals surface area contributed by atoms with Gasteiger partial charge in [0.2, 0.25) is 5.43 Å². The number of benzene rings is 1. The van der Waals surface area contributed by atoms with Gasteiger partial charge in [0, 0.05) is 36.4 Å². The van der Waals surface area contributed by atoms with Gasteiger partial charge in [-0.1, -0.05) is 17.7 Å². The Hall–Kier alpha value is -3.07. The molecule has 2 N–H and O–H groups in total. The Labute approximate surface area is 182 Å². The van der Waals surface area contributed by atoms with E-state index in [2.05, 4.69) is 5.32 Å². The third-order valence-electron chi connectivity index (χ3n) is 5.92. The summed E-state index contributed by atoms with van der Waals surface area (Å²) >= 11 is 5.74. The summed E-state index contributed by atoms with van der Waals surface area (Å²) < 4.78 is 15.4. The molecule has 3 heterocycles. The average Bonchev–Trinajstić information content (AvgIpc) is 2.73. The number of carbonyl (C=O) groups excluding carboxylic acids is 2. The van der Waals surface area contributed by atoms with Crippen molar-refractivity contribution in [3.05, 3.63) is 62.3 Å². The van der Waals surface area contributed by atoms with E-state index in [0.717, 1.165) is 25.3 Å². The number of nitrogens with one attached hydrogen (secondary N) is 1. The van der Waals surface area contributed by atoms with Crippen LogP contribution < -0.4 is 15.8 Å². The highest BCUT2D eigenvalue weighted by Crippen LogP contribution is 2.31. The second kappa shape index (κ2) is 7.88. The third-order valence-corrected chi connectivity index (χ3v) is 6.16. The Balaban J connectivity index is 1.71. The quantitative estimate of drug-likeness (QED) is 0.750. The number of piperidine rings is 1. The Morgan fingerprint density at radius 2 is 2.06 bits per heavy atom. The molecule has 164 valence electrons. The third kappa shape index (κ3) is 3.52. The van der Waals surface area contributed by atoms with Crippen LogP contribution in [0.5, 0.6) is 5.75 Å². The molecule has 8 nitrogen and oxygen atoms in total. The summed E-state index contributed by atoms with van der Waals surface area (Å²) in [6.45, 7) is 1.81. The van der Waals surface area contributed by atoms with Crippen molar-refractivity contribution >= 4 is 23.4 Å². The number of hydrogen-bond donors (Lipinski definition) is 2. The number of pyridine rings is 1. The number of amides is 2. The van der Waals surface area contributed by atoms with Crippen molar-refractivity contribution in [1.29, 1.82) is 0 Å². The molecular formula is C21H22ClFN4O4. The van der Waals surface area contributed by atoms with Gasteiger partial charge in [-0.3, -0.25) is 24.1 Å². The number of carbonyl (C=O) groups is 2. The van der Waals surface area contributed by atoms with Crippen LogP contribution in [0.25, 0.3) is 0 Å². The van der Waals surface area contributed by atoms with Crippen LogP contribution in [0.4, 0.5) is 4.39 Å². The minimum absolute atomic E-state index is 0.0222. The average molecular weight is 449 g/mol. The summed E-state index contributed by atoms with van der Waals surface area (Å²) in [5.41, 5.74) is -1.26. The summed E-state index contributed by atoms with van der Waals surface area (Å²) in [6.07, 6.45) is 3.56. The molecule has 2 aromatic rings. The van der Waals surface area contributed by atoms with Crippen LogP contribution in [0.3, 0.4) is 0 Å². The number of nitrogens with zero attached hydrogens (tertiary/aromatic N) is 3. The highest BCUT2D eigenvalue weighted by molar-refractivity contribution is 6.30. The molecule has 10 heteroatoms. The van der Waals surface area contributed by atoms with Crippen LogP contribution in [0, 0.1) is 5.82 Å². The molecule has 2 aliphatic rings. The molecule has 0 radical (unpaired) electrons. The topological polar surface area (TPSA) is 94.9 Å². The normalized spacial score (nSPS) is 20.3. The SMILES string of the molecule is C[C@@H]1CCC[C@H]2N(C)C(=O)c3c(O)c(=O)c(C(=O)NCc4ccc(Cl)cc4F)cn3N12. The van der Waals surface area contributed by atoms with E-state index >= 15 is 0 Å². The van der Waals surface area contributed by atoms with Crippen LogP contribution >= 0.6 is 11.6 Å². The minimum atomic E-state index is -0.954. The van der Waals surface area contributed by atoms with Crippen molar-refractivity contribution in [3.8, 4) is 5.75 Å². The molecule has 2 amide bonds. The molecule has 0 aliphatic carbocycles. The first-order valence-electron chi connectivity index (χ1n) is 9.97. The molecule has 2 aliphatic heterocycles. The zero-order valence-electron chi connectivity index (χ0n) is 17.1. The van der Waals surface area contributed by atoms with Crippen molar-refractivity contribution in [1.82, 2.24) is 14.9 Å². The molecular weight excluding hydrogens is 427 g/mol. The van der Waals surface area contributed by atoms with Gasteiger partial charge >= 0.3 is 0 Å². The fourth-order valence-electron chi connectivity index (χ4n) is 4.25. The van der Waals surface area contributed by atoms with Crippen molar-refractivity contribution in [2.75, 3.05) is 12.1 Å². The van der Waals surface area contributed by atoms with E-state index in [-0.39, 0.29) is 40.6 Å². The maximum atomic E-state index is 14.0. The van der Waals surface area contributed by atoms with Crippen molar-refractivity contribution < 1.29 is 19.1 Å². The zero-order valence-corrected chi connectivity index (χ0v) is 17.8. The lowest BCUT2D eigenvalue weighted by molar-refractivity contribution is 0.0559. The summed E-state index contributed by atoms with van der Waals surface area (Å²) in [4.78, 5) is 39.8. The summed E-state index contributed by atoms with van der Waals surface area (Å²) in [5, 5.41) is 15.2. The maximum Gasteiger partial charge on any atom is 0.277 e. The van der Waals surface area contributed by atoms with Gasteiger partial charge in [0.15, 0.2) is 11.4 Å². The summed E-state index contributed by atoms with van der Waals surface area (Å²) in [6, 6.07) is 4.08. The van der Waals surface area contributed by atoms with Gasteiger partial charge in [-0.2, -0.15) is 0 Å². The number of fused-ring (bicyclic) bond motifs is 3. The van der Waals surface area contributed by atoms with E-state index in [0.29, 0.717) is 0 Å². The predicted octanol–water partition coefficient (Wildman–Crippen LogP) is 2.20. The van der Waals surface area contributed by atoms with E-state index in [1.54, 1.807) is 7.05 Å². The van der Waals surface area contributed by atoms with E-state index < -0.39 is 28.8 Å². The molecule has 1 fully saturated rings. The van der Waals surface area contributed by atoms with E-state index in [1.807, 2.05) is 11.9 Å². The van der Waals surface area contributed by atoms with Gasteiger partial charge in [-0.05, 0) is 38.3 Å². The monoisotopic (exact) mass is 448 g/mol. The number of halogens is 2. The number of hydrogen-bond acceptors (Lipinski definition) is 5. The van der Waals surface area contributed by atoms with Gasteiger partial charge in [0.05, 0.1) is 0 Å². The Bertz CT molecular complexity index is 1140. The van der Waals surface area contributed by atoms with Crippen molar-refractivity contribution in [2.45, 2.75) is 44.9 Å². The lowest BCUT2D eigenvalue weighted by atomic mass is 10.00. The highest BCUT2D eigenvalue weighted by Gasteiger charge is 2.42. The molecule has 31 heavy (non-hydrogen) atoms. The fourth-order valence-corrected chi connectivity index (χ4v) is 4.41. The van der Waals surface area contributed by atoms with E-state index in [1.165, 1.54) is 27.9 Å². The lowest BCUT2D eigenvalue weighted by Gasteiger charge is -2.50. The van der Waals surface area contributed by atoms with Gasteiger partial charge in [0.1, 0.15) is 17.5 Å². The Morgan fingerprint density at radius 3 is 2.77 bits per heavy atom. The van der Waals surface area contributed by atoms with Gasteiger partial charge in [-0.15, -0.1) is 0 Å². The van der Waals surface area contributed by atoms with Crippen molar-refractivity contribution in [3.63, 3.8) is 0 Å². The molecule has 0 bridgehead atoms. The molecule has 0 spiro atoms. The molecule has 4 rings (SSSR count). The van der Waals surface area contributed by atoms with Crippen LogP contribution in [-0.4, -0.2) is 45.8 Å². The lowest BCUT2D eigenvalue weighted by Crippen LogP contribution is -2.64. The first-order chi connectivity index (χ1) is 14.7. The highest BCUT2D eigenvalue weighted by atomic mass is 35.5. The summed E-state index contributed by atoms with van der Waals surface area (Å²) in [7, 11) is 1.63. The molecule has 2 atom stereocenters. The smallest absolute Gasteiger partial charge is 0.277 e. The fraction of sp³-hybridized carbons (Fsp3) is 0.381. The molecule has 0 saturated carbocycles. The van der Waals surface area contributed by atoms with Crippen LogP contribution in [0.2, 0.25) is 5.02 Å². The predicted molar refractivity (Wildman–Crippen MR) is 112 cm³/mol. The standard InChI is InChI=1S/C21H22ClFN4O4/c1-11-4-3-5-16-25(2)21(31)17-19(29)18(28)14(10-26(17)27(11)16)20(30)24-9-12-6-7-13(22)8-15(12)23/h6-8,10-11,16,29H,3-5,9H2,1-2H3,(H,24,30)/t11-,16+/m1/s1. The first kappa shape index (κ1) is 21.2. The second-order valence-corrected chi connectivity index (χ2v) is 8.33. The van der Waals surface area contributed by atoms with Crippen LogP contribution in [-0.2, 0) is 6.54 Å². The number of aromatic nitrogens is 1. The van der Waals surface area contributed by atoms with Gasteiger partial charge in [0.25, 0.3) is 11.8 Å². The second-order valence-electron chi connectivity index (χ2n) is 7.89. The van der Waals surface area contributed by atoms with Crippen molar-refractivity contribution in [2.24, 2.45) is 0 Å². The zero-order chi connectivity index (χ0) is 22.4. The molecule has 1 aromatic carbocycles. The number of aromatic hydroxyl groups is 1. The first-order valence-corrected chi connectivity index (χ1v) is 10.3. The van der Waals surface area contributed by atoms with Gasteiger partial charge in [-0.25, -0.2) is 4.39 Å². The Kier molecular flexibility index (Phi) is 5.38. The van der Waals surface area contributed by atoms with Gasteiger partial charge < -0.3 is 15.3 Å². The Morgan fingerprint density at radius 1 is 1.32 bits per heavy atom. The van der Waals surface area contributed by atoms with Crippen LogP contribution in [0.1, 0.15) is 52.6 Å². The largest absolute Gasteiger partial charge is 0.502 e. The van der Waals surface area contributed by atoms with E-state index in [9.17, 15) is 23.9 Å². The van der Waals surface area contributed by atoms with E-state index in [4.69, 9.17) is 11.6 Å². The molecule has 1 aromatic heterocycles. The molecule has 1 saturated heterocycles.